The molecule has 2 unspecified atom stereocenters. The summed E-state index contributed by atoms with van der Waals surface area (Å²) >= 11 is 0.367. The Labute approximate surface area is 171 Å². The number of hydrogen-bond donors (Lipinski definition) is 2. The maximum atomic E-state index is 16.8. The second-order valence-corrected chi connectivity index (χ2v) is 10.2. The predicted octanol–water partition coefficient (Wildman–Crippen LogP) is 3.22. The van der Waals surface area contributed by atoms with Crippen LogP contribution in [-0.2, 0) is 9.59 Å². The number of hydrogen-bond acceptors (Lipinski definition) is 5. The van der Waals surface area contributed by atoms with Gasteiger partial charge in [0.05, 0.1) is 6.10 Å². The van der Waals surface area contributed by atoms with Gasteiger partial charge in [-0.15, -0.1) is 0 Å². The molecular weight excluding hydrogens is 405 g/mol. The Bertz CT molecular complexity index is 831. The van der Waals surface area contributed by atoms with Crippen LogP contribution in [0.1, 0.15) is 39.5 Å². The van der Waals surface area contributed by atoms with Crippen molar-refractivity contribution in [2.45, 2.75) is 63.1 Å². The normalized spacial score (nSPS) is 51.1. The van der Waals surface area contributed by atoms with Crippen molar-refractivity contribution in [3.05, 3.63) is 23.8 Å². The number of allylic oxidation sites excluding steroid dienone is 4. The van der Waals surface area contributed by atoms with Gasteiger partial charge in [-0.3, -0.25) is 9.59 Å². The molecule has 8 heteroatoms. The van der Waals surface area contributed by atoms with Crippen molar-refractivity contribution < 1.29 is 33.0 Å². The standard InChI is InChI=1S/C21H25F3O4S/c1-18-5-3-11(25)7-14(18)15(23)8-13-12-4-6-20(28,17(27)29-10-22)19(12,2)9-16(26)21(13,18)24/h3,5,7,12-13,15-16,26,28H,4,6,8-10H2,1-2H3/t12?,13?,15-,16-,18-,19-,20-,21-/m0/s1. The highest BCUT2D eigenvalue weighted by Gasteiger charge is 2.75. The van der Waals surface area contributed by atoms with Gasteiger partial charge in [-0.1, -0.05) is 24.8 Å². The van der Waals surface area contributed by atoms with E-state index < -0.39 is 63.1 Å². The van der Waals surface area contributed by atoms with Crippen LogP contribution < -0.4 is 0 Å². The third-order valence-electron chi connectivity index (χ3n) is 8.30. The number of aliphatic hydroxyl groups excluding tert-OH is 1. The first kappa shape index (κ1) is 21.1. The summed E-state index contributed by atoms with van der Waals surface area (Å²) in [6, 6.07) is -0.988. The van der Waals surface area contributed by atoms with Gasteiger partial charge in [0.2, 0.25) is 5.12 Å². The van der Waals surface area contributed by atoms with E-state index in [1.54, 1.807) is 6.92 Å². The van der Waals surface area contributed by atoms with Crippen molar-refractivity contribution in [1.82, 2.24) is 0 Å². The van der Waals surface area contributed by atoms with Gasteiger partial charge in [0.1, 0.15) is 17.8 Å². The van der Waals surface area contributed by atoms with E-state index in [1.165, 1.54) is 19.1 Å². The molecule has 0 aliphatic heterocycles. The molecule has 4 aliphatic rings. The molecule has 0 heterocycles. The summed E-state index contributed by atoms with van der Waals surface area (Å²) in [5.41, 5.74) is -6.81. The van der Waals surface area contributed by atoms with Crippen molar-refractivity contribution in [3.63, 3.8) is 0 Å². The highest BCUT2D eigenvalue weighted by molar-refractivity contribution is 8.13. The molecule has 0 aromatic carbocycles. The van der Waals surface area contributed by atoms with E-state index in [9.17, 15) is 24.2 Å². The number of ketones is 1. The fourth-order valence-corrected chi connectivity index (χ4v) is 7.39. The number of carbonyl (C=O) groups excluding carboxylic acids is 2. The number of aliphatic hydroxyl groups is 2. The largest absolute Gasteiger partial charge is 0.390 e. The zero-order valence-corrected chi connectivity index (χ0v) is 17.1. The summed E-state index contributed by atoms with van der Waals surface area (Å²) in [5.74, 6) is -1.93. The number of fused-ring (bicyclic) bond motifs is 5. The first-order chi connectivity index (χ1) is 13.5. The third kappa shape index (κ3) is 2.42. The zero-order valence-electron chi connectivity index (χ0n) is 16.3. The summed E-state index contributed by atoms with van der Waals surface area (Å²) in [7, 11) is 0. The quantitative estimate of drug-likeness (QED) is 0.704. The Morgan fingerprint density at radius 3 is 2.69 bits per heavy atom. The first-order valence-corrected chi connectivity index (χ1v) is 10.9. The molecule has 3 fully saturated rings. The summed E-state index contributed by atoms with van der Waals surface area (Å²) < 4.78 is 44.7. The van der Waals surface area contributed by atoms with Crippen molar-refractivity contribution in [2.24, 2.45) is 22.7 Å². The molecule has 4 rings (SSSR count). The van der Waals surface area contributed by atoms with Crippen molar-refractivity contribution in [2.75, 3.05) is 6.01 Å². The second kappa shape index (κ2) is 6.44. The van der Waals surface area contributed by atoms with E-state index in [-0.39, 0.29) is 31.3 Å². The molecule has 4 nitrogen and oxygen atoms in total. The molecule has 3 saturated carbocycles. The molecule has 0 saturated heterocycles. The predicted molar refractivity (Wildman–Crippen MR) is 102 cm³/mol. The molecule has 4 aliphatic carbocycles. The van der Waals surface area contributed by atoms with Gasteiger partial charge in [-0.05, 0) is 56.3 Å². The Kier molecular flexibility index (Phi) is 4.69. The number of alkyl halides is 3. The molecule has 0 radical (unpaired) electrons. The van der Waals surface area contributed by atoms with Crippen LogP contribution in [0.25, 0.3) is 0 Å². The van der Waals surface area contributed by atoms with Crippen LogP contribution in [0.3, 0.4) is 0 Å². The van der Waals surface area contributed by atoms with E-state index >= 15 is 8.78 Å². The Balaban J connectivity index is 1.81. The lowest BCUT2D eigenvalue weighted by molar-refractivity contribution is -0.219. The Morgan fingerprint density at radius 2 is 2.03 bits per heavy atom. The molecule has 8 atom stereocenters. The fraction of sp³-hybridized carbons (Fsp3) is 0.714. The van der Waals surface area contributed by atoms with E-state index in [1.807, 2.05) is 0 Å². The molecule has 0 aromatic rings. The summed E-state index contributed by atoms with van der Waals surface area (Å²) in [6.45, 7) is 3.11. The van der Waals surface area contributed by atoms with Crippen LogP contribution in [-0.4, -0.2) is 50.7 Å². The van der Waals surface area contributed by atoms with Crippen LogP contribution in [0.2, 0.25) is 0 Å². The lowest BCUT2D eigenvalue weighted by Crippen LogP contribution is -2.70. The summed E-state index contributed by atoms with van der Waals surface area (Å²) in [4.78, 5) is 24.3. The lowest BCUT2D eigenvalue weighted by Gasteiger charge is -2.62. The Hall–Kier alpha value is -1.12. The molecule has 0 bridgehead atoms. The van der Waals surface area contributed by atoms with Gasteiger partial charge in [0.25, 0.3) is 0 Å². The smallest absolute Gasteiger partial charge is 0.223 e. The van der Waals surface area contributed by atoms with Gasteiger partial charge >= 0.3 is 0 Å². The molecule has 0 amide bonds. The van der Waals surface area contributed by atoms with E-state index in [4.69, 9.17) is 0 Å². The first-order valence-electron chi connectivity index (χ1n) is 9.87. The average Bonchev–Trinajstić information content (AvgIpc) is 2.92. The van der Waals surface area contributed by atoms with Crippen LogP contribution in [0.15, 0.2) is 23.8 Å². The molecule has 160 valence electrons. The van der Waals surface area contributed by atoms with Gasteiger partial charge in [-0.25, -0.2) is 13.2 Å². The lowest BCUT2D eigenvalue weighted by atomic mass is 9.44. The zero-order chi connectivity index (χ0) is 21.4. The minimum atomic E-state index is -2.25. The highest BCUT2D eigenvalue weighted by Crippen LogP contribution is 2.70. The minimum absolute atomic E-state index is 0.0178. The minimum Gasteiger partial charge on any atom is -0.390 e. The number of halogens is 3. The summed E-state index contributed by atoms with van der Waals surface area (Å²) in [5, 5.41) is 21.5. The van der Waals surface area contributed by atoms with Crippen molar-refractivity contribution in [3.8, 4) is 0 Å². The van der Waals surface area contributed by atoms with Gasteiger partial charge in [0, 0.05) is 16.7 Å². The molecule has 0 spiro atoms. The molecule has 0 aromatic heterocycles. The average molecular weight is 430 g/mol. The van der Waals surface area contributed by atoms with Gasteiger partial charge in [0.15, 0.2) is 11.5 Å². The van der Waals surface area contributed by atoms with Crippen LogP contribution in [0.4, 0.5) is 13.2 Å². The van der Waals surface area contributed by atoms with E-state index in [0.717, 1.165) is 6.08 Å². The molecular formula is C21H25F3O4S. The SMILES string of the molecule is C[C@]12C=CC(=O)C=C1[C@@H](F)CC1C3CC[C@](O)(C(=O)SCF)[C@@]3(C)C[C@H](O)[C@@]12F. The number of thioether (sulfide) groups is 1. The maximum absolute atomic E-state index is 16.8. The van der Waals surface area contributed by atoms with Crippen LogP contribution in [0.5, 0.6) is 0 Å². The van der Waals surface area contributed by atoms with E-state index in [0.29, 0.717) is 11.8 Å². The molecule has 2 N–H and O–H groups in total. The second-order valence-electron chi connectivity index (χ2n) is 9.30. The number of rotatable bonds is 2. The van der Waals surface area contributed by atoms with E-state index in [2.05, 4.69) is 0 Å². The fourth-order valence-electron chi connectivity index (χ4n) is 6.71. The third-order valence-corrected chi connectivity index (χ3v) is 9.01. The highest BCUT2D eigenvalue weighted by atomic mass is 32.2. The van der Waals surface area contributed by atoms with Crippen LogP contribution in [0, 0.1) is 22.7 Å². The number of carbonyl (C=O) groups is 2. The van der Waals surface area contributed by atoms with Crippen molar-refractivity contribution in [1.29, 1.82) is 0 Å². The summed E-state index contributed by atoms with van der Waals surface area (Å²) in [6.07, 6.45) is 0.367. The topological polar surface area (TPSA) is 74.6 Å². The monoisotopic (exact) mass is 430 g/mol. The maximum Gasteiger partial charge on any atom is 0.223 e. The van der Waals surface area contributed by atoms with Crippen molar-refractivity contribution >= 4 is 22.7 Å². The van der Waals surface area contributed by atoms with Gasteiger partial charge in [-0.2, -0.15) is 0 Å². The Morgan fingerprint density at radius 1 is 1.34 bits per heavy atom. The van der Waals surface area contributed by atoms with Crippen LogP contribution >= 0.6 is 11.8 Å². The van der Waals surface area contributed by atoms with Gasteiger partial charge < -0.3 is 10.2 Å². The molecule has 29 heavy (non-hydrogen) atoms.